The second kappa shape index (κ2) is 4.63. The van der Waals surface area contributed by atoms with Crippen LogP contribution in [0.1, 0.15) is 12.0 Å². The van der Waals surface area contributed by atoms with Crippen molar-refractivity contribution in [3.63, 3.8) is 0 Å². The summed E-state index contributed by atoms with van der Waals surface area (Å²) in [6, 6.07) is 3.16. The highest BCUT2D eigenvalue weighted by Gasteiger charge is 2.39. The van der Waals surface area contributed by atoms with Gasteiger partial charge in [0.15, 0.2) is 0 Å². The summed E-state index contributed by atoms with van der Waals surface area (Å²) in [4.78, 5) is 10.2. The summed E-state index contributed by atoms with van der Waals surface area (Å²) >= 11 is 0. The summed E-state index contributed by atoms with van der Waals surface area (Å²) in [6.07, 6.45) is 2.92. The van der Waals surface area contributed by atoms with Crippen LogP contribution in [0.4, 0.5) is 14.5 Å². The number of alkyl halides is 2. The van der Waals surface area contributed by atoms with Gasteiger partial charge in [-0.2, -0.15) is 0 Å². The Bertz CT molecular complexity index is 644. The highest BCUT2D eigenvalue weighted by Crippen LogP contribution is 2.33. The van der Waals surface area contributed by atoms with Gasteiger partial charge in [0.1, 0.15) is 5.52 Å². The molecule has 6 heteroatoms. The van der Waals surface area contributed by atoms with Crippen molar-refractivity contribution in [2.45, 2.75) is 25.3 Å². The number of nitrogens with two attached hydrogens (primary N) is 1. The molecule has 0 radical (unpaired) electrons. The Morgan fingerprint density at radius 1 is 1.25 bits per heavy atom. The third-order valence-electron chi connectivity index (χ3n) is 3.58. The Hall–Kier alpha value is -1.82. The van der Waals surface area contributed by atoms with E-state index in [0.29, 0.717) is 17.7 Å². The van der Waals surface area contributed by atoms with E-state index in [2.05, 4.69) is 9.97 Å². The predicted octanol–water partition coefficient (Wildman–Crippen LogP) is 2.11. The lowest BCUT2D eigenvalue weighted by atomic mass is 10.0. The molecular formula is C14H16F2N4. The third-order valence-corrected chi connectivity index (χ3v) is 3.58. The molecule has 0 saturated carbocycles. The molecule has 0 amide bonds. The highest BCUT2D eigenvalue weighted by atomic mass is 19.3. The minimum atomic E-state index is -2.77. The summed E-state index contributed by atoms with van der Waals surface area (Å²) < 4.78 is 27.4. The number of rotatable bonds is 1. The molecule has 106 valence electrons. The predicted molar refractivity (Wildman–Crippen MR) is 74.0 cm³/mol. The molecule has 2 N–H and O–H groups in total. The van der Waals surface area contributed by atoms with E-state index < -0.39 is 12.0 Å². The summed E-state index contributed by atoms with van der Waals surface area (Å²) in [6.45, 7) is 2.01. The molecule has 1 aliphatic heterocycles. The van der Waals surface area contributed by atoms with Crippen molar-refractivity contribution in [3.05, 3.63) is 30.1 Å². The molecule has 1 aromatic carbocycles. The van der Waals surface area contributed by atoms with Crippen LogP contribution in [0.5, 0.6) is 0 Å². The second-order valence-corrected chi connectivity index (χ2v) is 5.36. The number of hydrogen-bond donors (Lipinski definition) is 1. The minimum Gasteiger partial charge on any atom is -0.362 e. The van der Waals surface area contributed by atoms with Gasteiger partial charge in [-0.15, -0.1) is 0 Å². The minimum absolute atomic E-state index is 0.265. The van der Waals surface area contributed by atoms with E-state index in [4.69, 9.17) is 5.73 Å². The number of nitrogens with zero attached hydrogens (tertiary/aromatic N) is 3. The molecule has 1 atom stereocenters. The van der Waals surface area contributed by atoms with E-state index in [-0.39, 0.29) is 13.0 Å². The SMILES string of the molecule is Cc1ccc(N2CC(N)CC(F)(F)C2)c2nccnc12. The lowest BCUT2D eigenvalue weighted by Gasteiger charge is -2.37. The molecule has 0 spiro atoms. The highest BCUT2D eigenvalue weighted by molar-refractivity contribution is 5.90. The number of fused-ring (bicyclic) bond motifs is 1. The van der Waals surface area contributed by atoms with Crippen molar-refractivity contribution >= 4 is 16.7 Å². The van der Waals surface area contributed by atoms with Crippen LogP contribution in [0, 0.1) is 6.92 Å². The average molecular weight is 278 g/mol. The zero-order chi connectivity index (χ0) is 14.3. The van der Waals surface area contributed by atoms with E-state index in [9.17, 15) is 8.78 Å². The smallest absolute Gasteiger partial charge is 0.266 e. The first-order chi connectivity index (χ1) is 9.46. The molecule has 1 fully saturated rings. The fraction of sp³-hybridized carbons (Fsp3) is 0.429. The average Bonchev–Trinajstić information content (AvgIpc) is 2.37. The molecule has 20 heavy (non-hydrogen) atoms. The quantitative estimate of drug-likeness (QED) is 0.868. The first kappa shape index (κ1) is 13.2. The van der Waals surface area contributed by atoms with Crippen molar-refractivity contribution in [3.8, 4) is 0 Å². The fourth-order valence-corrected chi connectivity index (χ4v) is 2.75. The van der Waals surface area contributed by atoms with Crippen LogP contribution in [0.3, 0.4) is 0 Å². The number of benzene rings is 1. The second-order valence-electron chi connectivity index (χ2n) is 5.36. The number of halogens is 2. The molecule has 0 aliphatic carbocycles. The summed E-state index contributed by atoms with van der Waals surface area (Å²) in [5, 5.41) is 0. The van der Waals surface area contributed by atoms with Gasteiger partial charge in [0, 0.05) is 31.4 Å². The lowest BCUT2D eigenvalue weighted by Crippen LogP contribution is -2.52. The first-order valence-electron chi connectivity index (χ1n) is 6.55. The van der Waals surface area contributed by atoms with Crippen LogP contribution in [0.15, 0.2) is 24.5 Å². The van der Waals surface area contributed by atoms with Gasteiger partial charge in [-0.3, -0.25) is 9.97 Å². The standard InChI is InChI=1S/C14H16F2N4/c1-9-2-3-11(13-12(9)18-4-5-19-13)20-7-10(17)6-14(15,16)8-20/h2-5,10H,6-8,17H2,1H3. The van der Waals surface area contributed by atoms with Gasteiger partial charge in [-0.1, -0.05) is 6.07 Å². The molecule has 4 nitrogen and oxygen atoms in total. The molecule has 1 aromatic heterocycles. The first-order valence-corrected chi connectivity index (χ1v) is 6.55. The molecule has 0 bridgehead atoms. The number of aryl methyl sites for hydroxylation is 1. The Balaban J connectivity index is 2.08. The van der Waals surface area contributed by atoms with Crippen LogP contribution in [-0.4, -0.2) is 35.0 Å². The third kappa shape index (κ3) is 2.31. The zero-order valence-corrected chi connectivity index (χ0v) is 11.2. The van der Waals surface area contributed by atoms with E-state index >= 15 is 0 Å². The van der Waals surface area contributed by atoms with Gasteiger partial charge in [-0.05, 0) is 18.6 Å². The van der Waals surface area contributed by atoms with Crippen LogP contribution < -0.4 is 10.6 Å². The number of piperidine rings is 1. The molecule has 1 aliphatic rings. The van der Waals surface area contributed by atoms with Gasteiger partial charge in [0.2, 0.25) is 0 Å². The van der Waals surface area contributed by atoms with E-state index in [0.717, 1.165) is 11.1 Å². The largest absolute Gasteiger partial charge is 0.362 e. The summed E-state index contributed by atoms with van der Waals surface area (Å²) in [7, 11) is 0. The number of hydrogen-bond acceptors (Lipinski definition) is 4. The van der Waals surface area contributed by atoms with E-state index in [1.807, 2.05) is 19.1 Å². The lowest BCUT2D eigenvalue weighted by molar-refractivity contribution is -0.0171. The van der Waals surface area contributed by atoms with Gasteiger partial charge in [0.25, 0.3) is 5.92 Å². The molecule has 3 rings (SSSR count). The van der Waals surface area contributed by atoms with Crippen LogP contribution in [0.25, 0.3) is 11.0 Å². The molecule has 2 heterocycles. The van der Waals surface area contributed by atoms with Crippen molar-refractivity contribution in [1.29, 1.82) is 0 Å². The summed E-state index contributed by atoms with van der Waals surface area (Å²) in [5.74, 6) is -2.77. The monoisotopic (exact) mass is 278 g/mol. The topological polar surface area (TPSA) is 55.0 Å². The zero-order valence-electron chi connectivity index (χ0n) is 11.2. The van der Waals surface area contributed by atoms with Crippen LogP contribution >= 0.6 is 0 Å². The van der Waals surface area contributed by atoms with Crippen LogP contribution in [-0.2, 0) is 0 Å². The van der Waals surface area contributed by atoms with Crippen molar-refractivity contribution < 1.29 is 8.78 Å². The van der Waals surface area contributed by atoms with Gasteiger partial charge in [-0.25, -0.2) is 8.78 Å². The van der Waals surface area contributed by atoms with Crippen LogP contribution in [0.2, 0.25) is 0 Å². The number of aromatic nitrogens is 2. The molecule has 2 aromatic rings. The molecule has 1 unspecified atom stereocenters. The van der Waals surface area contributed by atoms with Crippen molar-refractivity contribution in [2.75, 3.05) is 18.0 Å². The number of anilines is 1. The van der Waals surface area contributed by atoms with Gasteiger partial charge >= 0.3 is 0 Å². The van der Waals surface area contributed by atoms with Crippen molar-refractivity contribution in [1.82, 2.24) is 9.97 Å². The fourth-order valence-electron chi connectivity index (χ4n) is 2.75. The molecular weight excluding hydrogens is 262 g/mol. The Morgan fingerprint density at radius 3 is 2.65 bits per heavy atom. The van der Waals surface area contributed by atoms with E-state index in [1.165, 1.54) is 0 Å². The van der Waals surface area contributed by atoms with Gasteiger partial charge < -0.3 is 10.6 Å². The Morgan fingerprint density at radius 2 is 1.95 bits per heavy atom. The maximum absolute atomic E-state index is 13.7. The van der Waals surface area contributed by atoms with Gasteiger partial charge in [0.05, 0.1) is 17.7 Å². The summed E-state index contributed by atoms with van der Waals surface area (Å²) in [5.41, 5.74) is 8.80. The maximum Gasteiger partial charge on any atom is 0.266 e. The Kier molecular flexibility index (Phi) is 3.05. The molecule has 1 saturated heterocycles. The maximum atomic E-state index is 13.7. The van der Waals surface area contributed by atoms with Crippen molar-refractivity contribution in [2.24, 2.45) is 5.73 Å². The normalized spacial score (nSPS) is 22.2. The van der Waals surface area contributed by atoms with E-state index in [1.54, 1.807) is 17.3 Å². The Labute approximate surface area is 115 Å².